The molecule has 0 spiro atoms. The summed E-state index contributed by atoms with van der Waals surface area (Å²) in [5.41, 5.74) is 1.29. The third-order valence-corrected chi connectivity index (χ3v) is 13.0. The number of carbonyl (C=O) groups is 4. The van der Waals surface area contributed by atoms with E-state index in [9.17, 15) is 34.5 Å². The van der Waals surface area contributed by atoms with Gasteiger partial charge in [0.05, 0.1) is 30.5 Å². The van der Waals surface area contributed by atoms with Crippen molar-refractivity contribution in [3.63, 3.8) is 0 Å². The minimum Gasteiger partial charge on any atom is -0.456 e. The zero-order valence-corrected chi connectivity index (χ0v) is 34.8. The molecule has 1 aliphatic carbocycles. The molecule has 3 aliphatic heterocycles. The summed E-state index contributed by atoms with van der Waals surface area (Å²) in [5.74, 6) is -7.04. The van der Waals surface area contributed by atoms with Crippen molar-refractivity contribution in [1.82, 2.24) is 4.90 Å². The lowest BCUT2D eigenvalue weighted by Crippen LogP contribution is -2.62. The Morgan fingerprint density at radius 1 is 0.982 bits per heavy atom. The number of hydrogen-bond donors (Lipinski definition) is 3. The highest BCUT2D eigenvalue weighted by molar-refractivity contribution is 6.39. The summed E-state index contributed by atoms with van der Waals surface area (Å²) in [4.78, 5) is 57.5. The lowest BCUT2D eigenvalue weighted by molar-refractivity contribution is -0.287. The van der Waals surface area contributed by atoms with Gasteiger partial charge in [0.15, 0.2) is 0 Å². The molecular formula is C43H69NO11. The van der Waals surface area contributed by atoms with Crippen LogP contribution in [0.2, 0.25) is 0 Å². The second-order valence-electron chi connectivity index (χ2n) is 17.6. The van der Waals surface area contributed by atoms with E-state index in [0.717, 1.165) is 5.57 Å². The van der Waals surface area contributed by atoms with Crippen LogP contribution in [0.4, 0.5) is 0 Å². The van der Waals surface area contributed by atoms with Crippen LogP contribution in [0.15, 0.2) is 23.3 Å². The molecule has 12 nitrogen and oxygen atoms in total. The molecule has 0 aromatic rings. The fraction of sp³-hybridized carbons (Fsp3) is 0.814. The molecular weight excluding hydrogens is 706 g/mol. The van der Waals surface area contributed by atoms with Crippen molar-refractivity contribution in [2.75, 3.05) is 20.8 Å². The zero-order valence-electron chi connectivity index (χ0n) is 34.8. The van der Waals surface area contributed by atoms with E-state index >= 15 is 0 Å². The fourth-order valence-corrected chi connectivity index (χ4v) is 9.43. The molecule has 3 fully saturated rings. The standard InChI is InChI=1S/C43H69NO11/c1-10-30-20-26(3)19-25(2)14-15-35-36(52-8)21-28(5)43(51,55-35)39(48)40(49)44-18-12-11-13-31(44)41(50)54-38(29(6)33(46)22-34(30)47)27(4)23-42(7)17-16-32(45)37(24-42)53-9/h20,23,25,28-33,35-38,45-46,51H,10-19,21-22,24H2,1-9H3/b26-20+,27-23+/t25-,28-,29-,30-,31?,32-,33+,35+,36+,37-,38-,42-,43-/m1/s1. The number of aliphatic hydroxyl groups is 3. The number of nitrogens with zero attached hydrogens (tertiary/aromatic N) is 1. The molecule has 55 heavy (non-hydrogen) atoms. The average molecular weight is 776 g/mol. The number of cyclic esters (lactones) is 1. The zero-order chi connectivity index (χ0) is 40.8. The molecule has 13 atom stereocenters. The number of ether oxygens (including phenoxy) is 4. The maximum Gasteiger partial charge on any atom is 0.329 e. The first kappa shape index (κ1) is 45.2. The number of allylic oxidation sites excluding steroid dienone is 3. The lowest BCUT2D eigenvalue weighted by Gasteiger charge is -2.45. The highest BCUT2D eigenvalue weighted by Gasteiger charge is 2.55. The van der Waals surface area contributed by atoms with Gasteiger partial charge >= 0.3 is 5.97 Å². The molecule has 3 heterocycles. The van der Waals surface area contributed by atoms with Crippen LogP contribution in [0.5, 0.6) is 0 Å². The Bertz CT molecular complexity index is 1430. The number of esters is 1. The van der Waals surface area contributed by atoms with Gasteiger partial charge in [-0.1, -0.05) is 52.3 Å². The maximum absolute atomic E-state index is 14.3. The van der Waals surface area contributed by atoms with Crippen molar-refractivity contribution in [2.45, 2.75) is 174 Å². The van der Waals surface area contributed by atoms with Gasteiger partial charge in [-0.25, -0.2) is 4.79 Å². The highest BCUT2D eigenvalue weighted by atomic mass is 16.7. The SMILES string of the molecule is CC[C@@H]1/C=C(\C)C[C@H](C)CC[C@@H]2O[C@@](O)(C(=O)C(=O)N3CCCCC3C(=O)O[C@H](/C(C)=C/[C@@]3(C)CC[C@@H](O)[C@H](OC)C3)[C@H](C)[C@@H](O)CC1=O)[C@H](C)C[C@@H]2OC. The van der Waals surface area contributed by atoms with E-state index in [1.807, 2.05) is 32.9 Å². The first-order chi connectivity index (χ1) is 25.9. The van der Waals surface area contributed by atoms with E-state index in [4.69, 9.17) is 18.9 Å². The van der Waals surface area contributed by atoms with E-state index in [1.54, 1.807) is 28.1 Å². The Balaban J connectivity index is 1.75. The van der Waals surface area contributed by atoms with Crippen LogP contribution in [0, 0.1) is 29.1 Å². The summed E-state index contributed by atoms with van der Waals surface area (Å²) in [6.07, 6.45) is 5.60. The van der Waals surface area contributed by atoms with Crippen molar-refractivity contribution in [3.05, 3.63) is 23.3 Å². The smallest absolute Gasteiger partial charge is 0.329 e. The molecule has 0 aromatic carbocycles. The van der Waals surface area contributed by atoms with Gasteiger partial charge in [0, 0.05) is 44.9 Å². The van der Waals surface area contributed by atoms with Crippen LogP contribution in [0.3, 0.4) is 0 Å². The van der Waals surface area contributed by atoms with Gasteiger partial charge in [0.1, 0.15) is 17.9 Å². The predicted octanol–water partition coefficient (Wildman–Crippen LogP) is 5.24. The summed E-state index contributed by atoms with van der Waals surface area (Å²) in [6.45, 7) is 13.5. The van der Waals surface area contributed by atoms with Crippen LogP contribution >= 0.6 is 0 Å². The fourth-order valence-electron chi connectivity index (χ4n) is 9.43. The van der Waals surface area contributed by atoms with Crippen LogP contribution in [0.25, 0.3) is 0 Å². The lowest BCUT2D eigenvalue weighted by atomic mass is 9.71. The van der Waals surface area contributed by atoms with Gasteiger partial charge in [-0.15, -0.1) is 0 Å². The molecule has 12 heteroatoms. The molecule has 1 saturated carbocycles. The number of carbonyl (C=O) groups excluding carboxylic acids is 4. The maximum atomic E-state index is 14.3. The van der Waals surface area contributed by atoms with Crippen molar-refractivity contribution in [1.29, 1.82) is 0 Å². The van der Waals surface area contributed by atoms with Crippen molar-refractivity contribution in [2.24, 2.45) is 29.1 Å². The highest BCUT2D eigenvalue weighted by Crippen LogP contribution is 2.41. The van der Waals surface area contributed by atoms with Gasteiger partial charge in [0.2, 0.25) is 5.79 Å². The Hall–Kier alpha value is -2.48. The Labute approximate surface area is 328 Å². The minimum absolute atomic E-state index is 0.0999. The van der Waals surface area contributed by atoms with E-state index < -0.39 is 83.2 Å². The van der Waals surface area contributed by atoms with Gasteiger partial charge in [-0.2, -0.15) is 0 Å². The Morgan fingerprint density at radius 3 is 2.33 bits per heavy atom. The monoisotopic (exact) mass is 775 g/mol. The average Bonchev–Trinajstić information content (AvgIpc) is 3.15. The summed E-state index contributed by atoms with van der Waals surface area (Å²) in [5, 5.41) is 34.1. The van der Waals surface area contributed by atoms with Gasteiger partial charge in [0.25, 0.3) is 11.7 Å². The molecule has 4 rings (SSSR count). The van der Waals surface area contributed by atoms with Crippen LogP contribution in [-0.4, -0.2) is 113 Å². The molecule has 2 saturated heterocycles. The normalized spacial score (nSPS) is 42.1. The van der Waals surface area contributed by atoms with Crippen molar-refractivity contribution < 1.29 is 53.4 Å². The summed E-state index contributed by atoms with van der Waals surface area (Å²) >= 11 is 0. The number of piperidine rings is 1. The van der Waals surface area contributed by atoms with Crippen molar-refractivity contribution >= 4 is 23.4 Å². The Kier molecular flexibility index (Phi) is 15.9. The molecule has 0 aromatic heterocycles. The van der Waals surface area contributed by atoms with Crippen LogP contribution in [-0.2, 0) is 38.1 Å². The largest absolute Gasteiger partial charge is 0.456 e. The number of fused-ring (bicyclic) bond motifs is 3. The summed E-state index contributed by atoms with van der Waals surface area (Å²) in [7, 11) is 3.14. The number of amides is 1. The first-order valence-electron chi connectivity index (χ1n) is 20.6. The molecule has 0 radical (unpaired) electrons. The topological polar surface area (TPSA) is 169 Å². The number of methoxy groups -OCH3 is 2. The molecule has 312 valence electrons. The molecule has 1 unspecified atom stereocenters. The van der Waals surface area contributed by atoms with Crippen LogP contribution in [0.1, 0.15) is 126 Å². The number of rotatable bonds is 5. The molecule has 3 N–H and O–H groups in total. The first-order valence-corrected chi connectivity index (χ1v) is 20.6. The summed E-state index contributed by atoms with van der Waals surface area (Å²) < 4.78 is 23.8. The molecule has 2 bridgehead atoms. The second kappa shape index (κ2) is 19.3. The van der Waals surface area contributed by atoms with Crippen LogP contribution < -0.4 is 0 Å². The summed E-state index contributed by atoms with van der Waals surface area (Å²) in [6, 6.07) is -1.11. The number of ketones is 2. The number of hydrogen-bond acceptors (Lipinski definition) is 11. The predicted molar refractivity (Wildman–Crippen MR) is 207 cm³/mol. The quantitative estimate of drug-likeness (QED) is 0.190. The molecule has 1 amide bonds. The molecule has 4 aliphatic rings. The second-order valence-corrected chi connectivity index (χ2v) is 17.6. The van der Waals surface area contributed by atoms with Crippen molar-refractivity contribution in [3.8, 4) is 0 Å². The number of aliphatic hydroxyl groups excluding tert-OH is 2. The number of Topliss-reactive ketones (excluding diaryl/α,β-unsaturated/α-hetero) is 2. The van der Waals surface area contributed by atoms with E-state index in [0.29, 0.717) is 69.8 Å². The van der Waals surface area contributed by atoms with Gasteiger partial charge < -0.3 is 39.2 Å². The van der Waals surface area contributed by atoms with E-state index in [1.165, 1.54) is 4.90 Å². The Morgan fingerprint density at radius 2 is 1.67 bits per heavy atom. The van der Waals surface area contributed by atoms with Gasteiger partial charge in [-0.3, -0.25) is 14.4 Å². The van der Waals surface area contributed by atoms with E-state index in [-0.39, 0.29) is 37.2 Å². The van der Waals surface area contributed by atoms with Gasteiger partial charge in [-0.05, 0) is 101 Å². The van der Waals surface area contributed by atoms with E-state index in [2.05, 4.69) is 13.8 Å². The minimum atomic E-state index is -2.40. The third kappa shape index (κ3) is 10.7. The third-order valence-electron chi connectivity index (χ3n) is 13.0.